The van der Waals surface area contributed by atoms with Crippen LogP contribution in [-0.4, -0.2) is 125 Å². The zero-order valence-corrected chi connectivity index (χ0v) is 37.2. The Bertz CT molecular complexity index is 2370. The molecule has 6 aliphatic heterocycles. The van der Waals surface area contributed by atoms with Crippen LogP contribution >= 0.6 is 0 Å². The number of likely N-dealkylation sites (N-methyl/N-ethyl adjacent to an activating group) is 1. The lowest BCUT2D eigenvalue weighted by molar-refractivity contribution is -0.137. The van der Waals surface area contributed by atoms with E-state index in [0.717, 1.165) is 62.5 Å². The highest BCUT2D eigenvalue weighted by Crippen LogP contribution is 2.41. The quantitative estimate of drug-likeness (QED) is 0.306. The Labute approximate surface area is 369 Å². The molecule has 8 aliphatic rings. The molecule has 1 unspecified atom stereocenters. The maximum absolute atomic E-state index is 14.7. The number of hydrogen-bond acceptors (Lipinski definition) is 11. The molecule has 4 fully saturated rings. The van der Waals surface area contributed by atoms with E-state index in [4.69, 9.17) is 18.9 Å². The van der Waals surface area contributed by atoms with E-state index in [9.17, 15) is 30.8 Å². The second-order valence-electron chi connectivity index (χ2n) is 17.3. The van der Waals surface area contributed by atoms with Gasteiger partial charge in [0.05, 0.1) is 29.4 Å². The molecule has 0 N–H and O–H groups in total. The molecular weight excluding hydrogens is 854 g/mol. The van der Waals surface area contributed by atoms with Gasteiger partial charge < -0.3 is 33.6 Å². The zero-order chi connectivity index (χ0) is 44.1. The number of halogens is 1. The molecule has 2 saturated carbocycles. The second kappa shape index (κ2) is 19.5. The van der Waals surface area contributed by atoms with Crippen LogP contribution in [0.15, 0.2) is 81.2 Å². The molecule has 340 valence electrons. The summed E-state index contributed by atoms with van der Waals surface area (Å²) in [7, 11) is -6.89. The largest absolute Gasteiger partial charge is 0.496 e. The monoisotopic (exact) mass is 909 g/mol. The van der Waals surface area contributed by atoms with Crippen LogP contribution in [0.2, 0.25) is 0 Å². The summed E-state index contributed by atoms with van der Waals surface area (Å²) in [6.07, 6.45) is 9.24. The van der Waals surface area contributed by atoms with Gasteiger partial charge in [-0.1, -0.05) is 36.4 Å². The summed E-state index contributed by atoms with van der Waals surface area (Å²) >= 11 is 0. The fraction of sp³-hybridized carbons (Fsp3) is 0.556. The van der Waals surface area contributed by atoms with Crippen molar-refractivity contribution in [3.63, 3.8) is 0 Å². The van der Waals surface area contributed by atoms with Gasteiger partial charge in [0.2, 0.25) is 6.01 Å². The Morgan fingerprint density at radius 3 is 1.84 bits per heavy atom. The predicted octanol–water partition coefficient (Wildman–Crippen LogP) is 5.95. The van der Waals surface area contributed by atoms with Crippen LogP contribution in [0.25, 0.3) is 0 Å². The zero-order valence-electron chi connectivity index (χ0n) is 35.6. The Morgan fingerprint density at radius 2 is 1.24 bits per heavy atom. The van der Waals surface area contributed by atoms with Gasteiger partial charge in [0.25, 0.3) is 31.9 Å². The lowest BCUT2D eigenvalue weighted by atomic mass is 9.82. The Morgan fingerprint density at radius 1 is 0.714 bits per heavy atom. The number of carbonyl (C=O) groups excluding carboxylic acids is 2. The molecule has 2 aromatic carbocycles. The van der Waals surface area contributed by atoms with Crippen molar-refractivity contribution >= 4 is 43.3 Å². The summed E-state index contributed by atoms with van der Waals surface area (Å²) < 4.78 is 99.2. The first-order valence-electron chi connectivity index (χ1n) is 22.0. The lowest BCUT2D eigenvalue weighted by Crippen LogP contribution is -2.50. The summed E-state index contributed by atoms with van der Waals surface area (Å²) in [5.74, 6) is 0.409. The average molecular weight is 910 g/mol. The van der Waals surface area contributed by atoms with E-state index < -0.39 is 43.8 Å². The topological polar surface area (TPSA) is 174 Å². The number of benzene rings is 2. The van der Waals surface area contributed by atoms with E-state index in [0.29, 0.717) is 48.9 Å². The number of rotatable bonds is 8. The van der Waals surface area contributed by atoms with Gasteiger partial charge in [0, 0.05) is 26.2 Å². The Kier molecular flexibility index (Phi) is 13.9. The molecule has 15 nitrogen and oxygen atoms in total. The molecule has 0 spiro atoms. The van der Waals surface area contributed by atoms with Gasteiger partial charge in [-0.05, 0) is 119 Å². The summed E-state index contributed by atoms with van der Waals surface area (Å²) in [6.45, 7) is 0.259. The van der Waals surface area contributed by atoms with Gasteiger partial charge in [-0.15, -0.1) is 0 Å². The van der Waals surface area contributed by atoms with Crippen LogP contribution in [-0.2, 0) is 39.1 Å². The van der Waals surface area contributed by atoms with Crippen molar-refractivity contribution in [3.8, 4) is 11.5 Å². The van der Waals surface area contributed by atoms with Crippen molar-refractivity contribution in [1.82, 2.24) is 14.7 Å². The number of carbonyl (C=O) groups is 2. The average Bonchev–Trinajstić information content (AvgIpc) is 3.31. The van der Waals surface area contributed by atoms with Gasteiger partial charge >= 0.3 is 0 Å². The van der Waals surface area contributed by atoms with Gasteiger partial charge in [0.15, 0.2) is 12.7 Å². The normalized spacial score (nSPS) is 28.8. The maximum atomic E-state index is 14.7. The summed E-state index contributed by atoms with van der Waals surface area (Å²) in [6, 6.07) is 13.7. The third-order valence-corrected chi connectivity index (χ3v) is 14.9. The molecule has 2 aromatic rings. The minimum absolute atomic E-state index is 0.0271. The molecule has 0 aromatic heterocycles. The highest BCUT2D eigenvalue weighted by molar-refractivity contribution is 7.90. The first-order chi connectivity index (χ1) is 30.4. The molecule has 2 aliphatic carbocycles. The first kappa shape index (κ1) is 44.8. The Balaban J connectivity index is 1.03. The van der Waals surface area contributed by atoms with Crippen molar-refractivity contribution in [2.24, 2.45) is 8.80 Å². The number of piperidine rings is 2. The number of fused-ring (bicyclic) bond motifs is 10. The molecule has 18 heteroatoms. The third-order valence-electron chi connectivity index (χ3n) is 12.9. The van der Waals surface area contributed by atoms with Gasteiger partial charge in [-0.25, -0.2) is 21.2 Å². The summed E-state index contributed by atoms with van der Waals surface area (Å²) in [5, 5.41) is 0. The van der Waals surface area contributed by atoms with Crippen LogP contribution < -0.4 is 9.47 Å². The van der Waals surface area contributed by atoms with E-state index in [-0.39, 0.29) is 73.8 Å². The van der Waals surface area contributed by atoms with Crippen molar-refractivity contribution in [1.29, 1.82) is 0 Å². The summed E-state index contributed by atoms with van der Waals surface area (Å²) in [4.78, 5) is 33.0. The van der Waals surface area contributed by atoms with Gasteiger partial charge in [-0.2, -0.15) is 8.80 Å². The second-order valence-corrected chi connectivity index (χ2v) is 20.6. The molecule has 0 radical (unpaired) electrons. The first-order valence-corrected chi connectivity index (χ1v) is 25.3. The van der Waals surface area contributed by atoms with Crippen LogP contribution in [0.1, 0.15) is 100 Å². The fourth-order valence-electron chi connectivity index (χ4n) is 9.53. The van der Waals surface area contributed by atoms with E-state index >= 15 is 0 Å². The van der Waals surface area contributed by atoms with Crippen LogP contribution in [0.4, 0.5) is 4.39 Å². The lowest BCUT2D eigenvalue weighted by Gasteiger charge is -2.34. The molecule has 1 atom stereocenters. The van der Waals surface area contributed by atoms with Crippen LogP contribution in [0.5, 0.6) is 11.5 Å². The maximum Gasteiger partial charge on any atom is 0.282 e. The number of sulfonamides is 2. The molecule has 6 heterocycles. The number of nitrogens with zero attached hydrogens (tertiary/aromatic N) is 5. The van der Waals surface area contributed by atoms with Gasteiger partial charge in [0.1, 0.15) is 35.4 Å². The molecule has 10 rings (SSSR count). The van der Waals surface area contributed by atoms with E-state index in [1.54, 1.807) is 11.9 Å². The SMILES string of the molecule is CN(CCS(=O)(=O)/N=C1CCCN2C(=O)COc3ccccc3C3CCC(CC3)O\C=C\12)CC1Oc2ccccc2C2CCC(CC2)O/C=C2/C(=N/S(=O)(=O)CF)CCCN2C1=O. The molecule has 2 amide bonds. The number of amides is 2. The fourth-order valence-corrected chi connectivity index (χ4v) is 11.3. The van der Waals surface area contributed by atoms with E-state index in [1.807, 2.05) is 42.5 Å². The van der Waals surface area contributed by atoms with Crippen molar-refractivity contribution in [3.05, 3.63) is 83.6 Å². The number of alkyl halides is 1. The Hall–Kier alpha value is -4.81. The molecule has 4 bridgehead atoms. The standard InChI is InChI=1S/C45H56FN5O10S2/c1-49(24-25-62(54,55)47-37-10-6-22-50-39(37)27-58-33-18-14-31(15-19-33)35-8-2-4-12-41(35)60-29-44(50)52)26-43-45(53)51-23-7-11-38(48-63(56,57)30-46)40(51)28-59-34-20-16-32(17-21-34)36-9-3-5-13-42(36)61-43/h2-5,8-9,12-13,27-28,31-34,43H,6-7,10-11,14-26,29-30H2,1H3/b39-27-,40-28-,47-37+,48-38+. The number of allylic oxidation sites excluding steroid dienone is 2. The van der Waals surface area contributed by atoms with Crippen molar-refractivity contribution in [2.45, 2.75) is 107 Å². The third kappa shape index (κ3) is 10.8. The number of para-hydroxylation sites is 2. The molecule has 2 saturated heterocycles. The highest BCUT2D eigenvalue weighted by Gasteiger charge is 2.37. The van der Waals surface area contributed by atoms with Gasteiger partial charge in [-0.3, -0.25) is 9.59 Å². The van der Waals surface area contributed by atoms with Crippen LogP contribution in [0.3, 0.4) is 0 Å². The van der Waals surface area contributed by atoms with E-state index in [2.05, 4.69) is 14.9 Å². The summed E-state index contributed by atoms with van der Waals surface area (Å²) in [5.41, 5.74) is 2.75. The highest BCUT2D eigenvalue weighted by atomic mass is 32.2. The molecule has 63 heavy (non-hydrogen) atoms. The smallest absolute Gasteiger partial charge is 0.282 e. The van der Waals surface area contributed by atoms with E-state index in [1.165, 1.54) is 22.3 Å². The number of hydrogen-bond donors (Lipinski definition) is 0. The minimum atomic E-state index is -4.45. The predicted molar refractivity (Wildman–Crippen MR) is 234 cm³/mol. The van der Waals surface area contributed by atoms with Crippen molar-refractivity contribution in [2.75, 3.05) is 51.6 Å². The van der Waals surface area contributed by atoms with Crippen molar-refractivity contribution < 1.29 is 49.8 Å². The molecular formula is C45H56FN5O10S2. The minimum Gasteiger partial charge on any atom is -0.496 e. The number of ether oxygens (including phenoxy) is 4. The van der Waals surface area contributed by atoms with Crippen LogP contribution in [0, 0.1) is 0 Å².